The van der Waals surface area contributed by atoms with Gasteiger partial charge in [0.2, 0.25) is 5.28 Å². The summed E-state index contributed by atoms with van der Waals surface area (Å²) in [6.45, 7) is 0.564. The second-order valence-corrected chi connectivity index (χ2v) is 4.50. The van der Waals surface area contributed by atoms with Crippen molar-refractivity contribution >= 4 is 28.3 Å². The zero-order valence-corrected chi connectivity index (χ0v) is 11.4. The average Bonchev–Trinajstić information content (AvgIpc) is 2.43. The molecule has 0 aliphatic rings. The largest absolute Gasteiger partial charge is 0.394 e. The lowest BCUT2D eigenvalue weighted by molar-refractivity contribution is 0.174. The molecule has 2 rings (SSSR count). The number of benzene rings is 1. The Kier molecular flexibility index (Phi) is 4.90. The minimum Gasteiger partial charge on any atom is -0.394 e. The molecule has 0 aliphatic heterocycles. The van der Waals surface area contributed by atoms with Gasteiger partial charge < -0.3 is 15.2 Å². The number of hydrogen-bond acceptors (Lipinski definition) is 5. The second kappa shape index (κ2) is 6.65. The molecule has 1 heterocycles. The van der Waals surface area contributed by atoms with Crippen molar-refractivity contribution < 1.29 is 9.84 Å². The molecule has 2 aromatic rings. The number of anilines is 1. The van der Waals surface area contributed by atoms with Crippen LogP contribution in [-0.4, -0.2) is 41.4 Å². The summed E-state index contributed by atoms with van der Waals surface area (Å²) in [5.74, 6) is 0.630. The molecule has 6 heteroatoms. The minimum atomic E-state index is -0.130. The van der Waals surface area contributed by atoms with E-state index in [1.807, 2.05) is 24.3 Å². The summed E-state index contributed by atoms with van der Waals surface area (Å²) >= 11 is 5.91. The highest BCUT2D eigenvalue weighted by atomic mass is 35.5. The standard InChI is InChI=1S/C13H16ClN3O2/c1-19-7-6-9(8-18)15-12-10-4-2-3-5-11(10)16-13(14)17-12/h2-5,9,18H,6-8H2,1H3,(H,15,16,17). The SMILES string of the molecule is COCCC(CO)Nc1nc(Cl)nc2ccccc12. The summed E-state index contributed by atoms with van der Waals surface area (Å²) in [5, 5.41) is 13.6. The van der Waals surface area contributed by atoms with Gasteiger partial charge in [-0.2, -0.15) is 0 Å². The molecule has 0 aliphatic carbocycles. The molecule has 0 saturated heterocycles. The van der Waals surface area contributed by atoms with Gasteiger partial charge >= 0.3 is 0 Å². The first-order valence-electron chi connectivity index (χ1n) is 6.03. The summed E-state index contributed by atoms with van der Waals surface area (Å²) in [5.41, 5.74) is 0.772. The number of ether oxygens (including phenoxy) is 1. The maximum atomic E-state index is 9.36. The van der Waals surface area contributed by atoms with Gasteiger partial charge in [-0.25, -0.2) is 9.97 Å². The molecule has 2 N–H and O–H groups in total. The van der Waals surface area contributed by atoms with Gasteiger partial charge in [-0.15, -0.1) is 0 Å². The van der Waals surface area contributed by atoms with Crippen molar-refractivity contribution in [3.8, 4) is 0 Å². The van der Waals surface area contributed by atoms with Gasteiger partial charge in [-0.3, -0.25) is 0 Å². The highest BCUT2D eigenvalue weighted by Crippen LogP contribution is 2.22. The Morgan fingerprint density at radius 2 is 2.16 bits per heavy atom. The van der Waals surface area contributed by atoms with E-state index >= 15 is 0 Å². The molecule has 1 unspecified atom stereocenters. The lowest BCUT2D eigenvalue weighted by Gasteiger charge is -2.17. The lowest BCUT2D eigenvalue weighted by Crippen LogP contribution is -2.26. The molecule has 0 fully saturated rings. The number of rotatable bonds is 6. The van der Waals surface area contributed by atoms with E-state index in [-0.39, 0.29) is 17.9 Å². The Labute approximate surface area is 116 Å². The van der Waals surface area contributed by atoms with E-state index in [1.54, 1.807) is 7.11 Å². The first kappa shape index (κ1) is 14.0. The normalized spacial score (nSPS) is 12.6. The lowest BCUT2D eigenvalue weighted by atomic mass is 10.2. The molecule has 0 radical (unpaired) electrons. The zero-order valence-electron chi connectivity index (χ0n) is 10.6. The van der Waals surface area contributed by atoms with Crippen LogP contribution in [0.1, 0.15) is 6.42 Å². The van der Waals surface area contributed by atoms with Gasteiger partial charge in [-0.05, 0) is 30.2 Å². The predicted molar refractivity (Wildman–Crippen MR) is 75.5 cm³/mol. The number of fused-ring (bicyclic) bond motifs is 1. The van der Waals surface area contributed by atoms with Crippen LogP contribution in [0, 0.1) is 0 Å². The smallest absolute Gasteiger partial charge is 0.224 e. The fourth-order valence-electron chi connectivity index (χ4n) is 1.82. The number of nitrogens with one attached hydrogen (secondary N) is 1. The van der Waals surface area contributed by atoms with E-state index in [0.29, 0.717) is 18.8 Å². The van der Waals surface area contributed by atoms with Crippen molar-refractivity contribution in [2.24, 2.45) is 0 Å². The van der Waals surface area contributed by atoms with Gasteiger partial charge in [0.15, 0.2) is 0 Å². The third-order valence-electron chi connectivity index (χ3n) is 2.81. The van der Waals surface area contributed by atoms with Crippen LogP contribution in [0.2, 0.25) is 5.28 Å². The molecular weight excluding hydrogens is 266 g/mol. The Hall–Kier alpha value is -1.43. The fourth-order valence-corrected chi connectivity index (χ4v) is 2.00. The van der Waals surface area contributed by atoms with Crippen LogP contribution >= 0.6 is 11.6 Å². The molecule has 0 amide bonds. The monoisotopic (exact) mass is 281 g/mol. The van der Waals surface area contributed by atoms with Crippen molar-refractivity contribution in [3.63, 3.8) is 0 Å². The molecule has 1 aromatic heterocycles. The molecule has 0 saturated carbocycles. The van der Waals surface area contributed by atoms with Crippen molar-refractivity contribution in [1.29, 1.82) is 0 Å². The number of para-hydroxylation sites is 1. The molecule has 0 bridgehead atoms. The fraction of sp³-hybridized carbons (Fsp3) is 0.385. The third kappa shape index (κ3) is 3.53. The van der Waals surface area contributed by atoms with Crippen molar-refractivity contribution in [2.75, 3.05) is 25.6 Å². The maximum Gasteiger partial charge on any atom is 0.224 e. The summed E-state index contributed by atoms with van der Waals surface area (Å²) < 4.78 is 5.01. The van der Waals surface area contributed by atoms with Crippen LogP contribution < -0.4 is 5.32 Å². The number of aromatic nitrogens is 2. The topological polar surface area (TPSA) is 67.3 Å². The van der Waals surface area contributed by atoms with Gasteiger partial charge in [0.05, 0.1) is 18.2 Å². The van der Waals surface area contributed by atoms with Crippen LogP contribution in [0.5, 0.6) is 0 Å². The van der Waals surface area contributed by atoms with Crippen LogP contribution in [0.4, 0.5) is 5.82 Å². The van der Waals surface area contributed by atoms with E-state index in [4.69, 9.17) is 16.3 Å². The summed E-state index contributed by atoms with van der Waals surface area (Å²) in [6, 6.07) is 7.46. The van der Waals surface area contributed by atoms with E-state index < -0.39 is 0 Å². The molecule has 5 nitrogen and oxygen atoms in total. The van der Waals surface area contributed by atoms with E-state index in [2.05, 4.69) is 15.3 Å². The molecule has 0 spiro atoms. The van der Waals surface area contributed by atoms with E-state index in [0.717, 1.165) is 10.9 Å². The Morgan fingerprint density at radius 1 is 1.37 bits per heavy atom. The second-order valence-electron chi connectivity index (χ2n) is 4.16. The van der Waals surface area contributed by atoms with E-state index in [1.165, 1.54) is 0 Å². The number of halogens is 1. The number of hydrogen-bond donors (Lipinski definition) is 2. The number of aliphatic hydroxyl groups excluding tert-OH is 1. The maximum absolute atomic E-state index is 9.36. The summed E-state index contributed by atoms with van der Waals surface area (Å²) in [7, 11) is 1.63. The van der Waals surface area contributed by atoms with Crippen LogP contribution in [0.25, 0.3) is 10.9 Å². The number of nitrogens with zero attached hydrogens (tertiary/aromatic N) is 2. The van der Waals surface area contributed by atoms with E-state index in [9.17, 15) is 5.11 Å². The number of aliphatic hydroxyl groups is 1. The first-order valence-corrected chi connectivity index (χ1v) is 6.41. The molecular formula is C13H16ClN3O2. The predicted octanol–water partition coefficient (Wildman–Crippen LogP) is 2.09. The summed E-state index contributed by atoms with van der Waals surface area (Å²) in [4.78, 5) is 8.35. The minimum absolute atomic E-state index is 0.000686. The molecule has 1 atom stereocenters. The third-order valence-corrected chi connectivity index (χ3v) is 2.98. The summed E-state index contributed by atoms with van der Waals surface area (Å²) in [6.07, 6.45) is 0.683. The van der Waals surface area contributed by atoms with Crippen molar-refractivity contribution in [2.45, 2.75) is 12.5 Å². The van der Waals surface area contributed by atoms with Gasteiger partial charge in [0.1, 0.15) is 5.82 Å². The quantitative estimate of drug-likeness (QED) is 0.794. The van der Waals surface area contributed by atoms with Crippen LogP contribution in [0.3, 0.4) is 0 Å². The van der Waals surface area contributed by atoms with Crippen LogP contribution in [0.15, 0.2) is 24.3 Å². The molecule has 1 aromatic carbocycles. The Morgan fingerprint density at radius 3 is 2.89 bits per heavy atom. The average molecular weight is 282 g/mol. The Bertz CT molecular complexity index is 550. The molecule has 102 valence electrons. The first-order chi connectivity index (χ1) is 9.24. The highest BCUT2D eigenvalue weighted by molar-refractivity contribution is 6.28. The van der Waals surface area contributed by atoms with Gasteiger partial charge in [0, 0.05) is 19.1 Å². The zero-order chi connectivity index (χ0) is 13.7. The van der Waals surface area contributed by atoms with Crippen molar-refractivity contribution in [1.82, 2.24) is 9.97 Å². The van der Waals surface area contributed by atoms with Gasteiger partial charge in [0.25, 0.3) is 0 Å². The highest BCUT2D eigenvalue weighted by Gasteiger charge is 2.11. The van der Waals surface area contributed by atoms with Crippen molar-refractivity contribution in [3.05, 3.63) is 29.5 Å². The Balaban J connectivity index is 2.28. The van der Waals surface area contributed by atoms with Gasteiger partial charge in [-0.1, -0.05) is 12.1 Å². The number of methoxy groups -OCH3 is 1. The molecule has 19 heavy (non-hydrogen) atoms. The van der Waals surface area contributed by atoms with Crippen LogP contribution in [-0.2, 0) is 4.74 Å².